The maximum atomic E-state index is 13.6. The van der Waals surface area contributed by atoms with Crippen molar-refractivity contribution in [2.75, 3.05) is 42.7 Å². The minimum absolute atomic E-state index is 0.0163. The summed E-state index contributed by atoms with van der Waals surface area (Å²) >= 11 is 0. The molecule has 8 atom stereocenters. The number of carbonyl (C=O) groups is 2. The van der Waals surface area contributed by atoms with E-state index in [1.54, 1.807) is 66.9 Å². The van der Waals surface area contributed by atoms with E-state index in [1.165, 1.54) is 0 Å². The van der Waals surface area contributed by atoms with E-state index in [1.807, 2.05) is 12.2 Å². The standard InChI is InChI=1S/2C17H17O4.Fe/c2*1-19-15-10-13(11-16(20-2)17(15)21-3)14(18)9-8-12-6-4-5-7-12;/h2*4-11H,1-3H3;/b2*9-8+;. The molecule has 10 heterocycles. The third-order valence-corrected chi connectivity index (χ3v) is 63.0. The number of hydrogen-bond donors (Lipinski definition) is 0. The molecule has 0 amide bonds. The van der Waals surface area contributed by atoms with Gasteiger partial charge >= 0.3 is 240 Å². The van der Waals surface area contributed by atoms with Gasteiger partial charge in [-0.2, -0.15) is 0 Å². The molecular formula is C34H34FeO8. The van der Waals surface area contributed by atoms with Crippen molar-refractivity contribution in [3.05, 3.63) is 59.7 Å². The molecule has 10 fully saturated rings. The minimum atomic E-state index is -3.97. The SMILES string of the molecule is COc1cc(C(=O)/C=C/[C]23[CH]4[CH]5[CH]6[CH]2[Fe]56432789[CH]3[CH]2[CH]7[C]8(/C=C/C(=O)c2cc(OC)c(OC)c(OC)c2)[CH]39)cc(OC)c1OC. The van der Waals surface area contributed by atoms with Crippen molar-refractivity contribution in [2.24, 2.45) is 0 Å². The maximum absolute atomic E-state index is 13.6. The van der Waals surface area contributed by atoms with Crippen LogP contribution in [0.15, 0.2) is 48.6 Å². The zero-order valence-electron chi connectivity index (χ0n) is 24.9. The summed E-state index contributed by atoms with van der Waals surface area (Å²) in [6.45, 7) is -3.97. The molecule has 8 unspecified atom stereocenters. The number of ketones is 2. The van der Waals surface area contributed by atoms with Crippen molar-refractivity contribution in [3.8, 4) is 34.5 Å². The normalized spacial score (nSPS) is 55.7. The van der Waals surface area contributed by atoms with E-state index in [0.29, 0.717) is 54.3 Å². The van der Waals surface area contributed by atoms with Crippen molar-refractivity contribution < 1.29 is 44.5 Å². The zero-order chi connectivity index (χ0) is 29.6. The van der Waals surface area contributed by atoms with Crippen molar-refractivity contribution in [1.29, 1.82) is 0 Å². The Morgan fingerprint density at radius 1 is 0.558 bits per heavy atom. The van der Waals surface area contributed by atoms with Crippen LogP contribution in [0.2, 0.25) is 47.2 Å². The Morgan fingerprint density at radius 2 is 0.860 bits per heavy atom. The van der Waals surface area contributed by atoms with Crippen LogP contribution < -0.4 is 28.4 Å². The molecule has 9 heteroatoms. The third kappa shape index (κ3) is 0.629. The summed E-state index contributed by atoms with van der Waals surface area (Å²) in [4.78, 5) is 34.7. The number of carbonyl (C=O) groups excluding carboxylic acids is 2. The van der Waals surface area contributed by atoms with E-state index in [2.05, 4.69) is 12.2 Å². The number of hydrogen-bond acceptors (Lipinski definition) is 8. The number of methoxy groups -OCH3 is 6. The Balaban J connectivity index is 0.915. The quantitative estimate of drug-likeness (QED) is 0.141. The second-order valence-corrected chi connectivity index (χ2v) is 39.4. The molecule has 0 aliphatic carbocycles. The van der Waals surface area contributed by atoms with E-state index in [4.69, 9.17) is 28.4 Å². The summed E-state index contributed by atoms with van der Waals surface area (Å²) in [5, 5.41) is 0. The Hall–Kier alpha value is -3.42. The van der Waals surface area contributed by atoms with Crippen LogP contribution in [0.5, 0.6) is 34.5 Å². The molecule has 0 saturated carbocycles. The molecule has 10 aliphatic rings. The number of benzene rings is 2. The van der Waals surface area contributed by atoms with Crippen molar-refractivity contribution in [1.82, 2.24) is 0 Å². The van der Waals surface area contributed by atoms with Crippen LogP contribution in [-0.4, -0.2) is 54.2 Å². The summed E-state index contributed by atoms with van der Waals surface area (Å²) in [6, 6.07) is 6.97. The Kier molecular flexibility index (Phi) is 1.97. The predicted octanol–water partition coefficient (Wildman–Crippen LogP) is 7.05. The van der Waals surface area contributed by atoms with Gasteiger partial charge in [-0.25, -0.2) is 0 Å². The number of ether oxygens (including phenoxy) is 6. The summed E-state index contributed by atoms with van der Waals surface area (Å²) in [7, 11) is 9.38. The number of fused-ring (bicyclic) bond motifs is 10. The average Bonchev–Trinajstić information content (AvgIpc) is 4.00. The van der Waals surface area contributed by atoms with Crippen LogP contribution in [0.1, 0.15) is 20.7 Å². The van der Waals surface area contributed by atoms with Crippen LogP contribution >= 0.6 is 0 Å². The fraction of sp³-hybridized carbons (Fsp3) is 0.471. The van der Waals surface area contributed by atoms with Crippen LogP contribution in [-0.2, 0) is 6.51 Å². The van der Waals surface area contributed by atoms with E-state index in [0.717, 1.165) is 38.5 Å². The first-order valence-electron chi connectivity index (χ1n) is 14.9. The van der Waals surface area contributed by atoms with Gasteiger partial charge in [-0.3, -0.25) is 0 Å². The van der Waals surface area contributed by atoms with Crippen LogP contribution in [0.4, 0.5) is 0 Å². The molecule has 10 aliphatic heterocycles. The predicted molar refractivity (Wildman–Crippen MR) is 155 cm³/mol. The van der Waals surface area contributed by atoms with Crippen LogP contribution in [0, 0.1) is 0 Å². The van der Waals surface area contributed by atoms with Gasteiger partial charge in [0.1, 0.15) is 0 Å². The molecule has 2 aromatic rings. The Bertz CT molecular complexity index is 2060. The van der Waals surface area contributed by atoms with Gasteiger partial charge in [0, 0.05) is 0 Å². The van der Waals surface area contributed by atoms with E-state index >= 15 is 0 Å². The van der Waals surface area contributed by atoms with Gasteiger partial charge in [-0.05, 0) is 0 Å². The molecule has 226 valence electrons. The van der Waals surface area contributed by atoms with Gasteiger partial charge in [0.25, 0.3) is 0 Å². The van der Waals surface area contributed by atoms with Gasteiger partial charge in [0.15, 0.2) is 0 Å². The van der Waals surface area contributed by atoms with Gasteiger partial charge < -0.3 is 0 Å². The molecule has 0 N–H and O–H groups in total. The van der Waals surface area contributed by atoms with Gasteiger partial charge in [0.2, 0.25) is 0 Å². The van der Waals surface area contributed by atoms with Gasteiger partial charge in [0.05, 0.1) is 0 Å². The first kappa shape index (κ1) is 23.0. The topological polar surface area (TPSA) is 89.5 Å². The zero-order valence-corrected chi connectivity index (χ0v) is 26.0. The van der Waals surface area contributed by atoms with Gasteiger partial charge in [-0.1, -0.05) is 0 Å². The second kappa shape index (κ2) is 3.69. The first-order chi connectivity index (χ1) is 20.6. The van der Waals surface area contributed by atoms with E-state index in [9.17, 15) is 9.59 Å². The second-order valence-electron chi connectivity index (χ2n) is 16.1. The molecule has 8 nitrogen and oxygen atoms in total. The molecule has 12 rings (SSSR count). The molecule has 0 radical (unpaired) electrons. The third-order valence-electron chi connectivity index (χ3n) is 19.9. The molecule has 0 aromatic heterocycles. The summed E-state index contributed by atoms with van der Waals surface area (Å²) in [5.41, 5.74) is 1.09. The average molecular weight is 626 g/mol. The van der Waals surface area contributed by atoms with Crippen LogP contribution in [0.25, 0.3) is 0 Å². The Morgan fingerprint density at radius 3 is 1.09 bits per heavy atom. The van der Waals surface area contributed by atoms with Crippen molar-refractivity contribution in [2.45, 2.75) is 47.2 Å². The monoisotopic (exact) mass is 626 g/mol. The number of allylic oxidation sites excluding steroid dienone is 4. The van der Waals surface area contributed by atoms with Crippen molar-refractivity contribution in [3.63, 3.8) is 0 Å². The van der Waals surface area contributed by atoms with E-state index < -0.39 is 6.51 Å². The molecule has 1 spiro atoms. The van der Waals surface area contributed by atoms with Gasteiger partial charge in [-0.15, -0.1) is 0 Å². The molecular weight excluding hydrogens is 592 g/mol. The fourth-order valence-electron chi connectivity index (χ4n) is 20.8. The Labute approximate surface area is 239 Å². The molecule has 10 saturated heterocycles. The summed E-state index contributed by atoms with van der Waals surface area (Å²) in [6.07, 6.45) is 8.58. The summed E-state index contributed by atoms with van der Waals surface area (Å²) in [5.74, 6) is 2.87. The first-order valence-corrected chi connectivity index (χ1v) is 21.1. The number of rotatable bonds is 12. The fourth-order valence-corrected chi connectivity index (χ4v) is 96.3. The molecule has 43 heavy (non-hydrogen) atoms. The van der Waals surface area contributed by atoms with E-state index in [-0.39, 0.29) is 11.6 Å². The molecule has 2 aromatic carbocycles. The molecule has 0 bridgehead atoms. The van der Waals surface area contributed by atoms with Crippen molar-refractivity contribution >= 4 is 11.6 Å². The summed E-state index contributed by atoms with van der Waals surface area (Å²) < 4.78 is 33.5. The van der Waals surface area contributed by atoms with Crippen LogP contribution in [0.3, 0.4) is 0 Å².